The third-order valence-electron chi connectivity index (χ3n) is 3.32. The molecule has 0 aromatic rings. The molecular weight excluding hydrogens is 238 g/mol. The fourth-order valence-electron chi connectivity index (χ4n) is 2.14. The Morgan fingerprint density at radius 3 is 1.63 bits per heavy atom. The van der Waals surface area contributed by atoms with Crippen LogP contribution in [0, 0.1) is 0 Å². The van der Waals surface area contributed by atoms with Crippen molar-refractivity contribution in [3.8, 4) is 0 Å². The highest BCUT2D eigenvalue weighted by Crippen LogP contribution is 2.07. The van der Waals surface area contributed by atoms with Crippen LogP contribution in [-0.4, -0.2) is 29.7 Å². The van der Waals surface area contributed by atoms with E-state index in [2.05, 4.69) is 13.8 Å². The largest absolute Gasteiger partial charge is 0.342 e. The zero-order valence-electron chi connectivity index (χ0n) is 13.0. The number of nitrogens with zero attached hydrogens (tertiary/aromatic N) is 1. The molecule has 0 unspecified atom stereocenters. The van der Waals surface area contributed by atoms with Gasteiger partial charge in [-0.1, -0.05) is 52.4 Å². The molecule has 0 aliphatic carbocycles. The van der Waals surface area contributed by atoms with Gasteiger partial charge in [0.05, 0.1) is 6.42 Å². The van der Waals surface area contributed by atoms with E-state index in [4.69, 9.17) is 0 Å². The number of unbranched alkanes of at least 4 members (excludes halogenated alkanes) is 6. The van der Waals surface area contributed by atoms with Crippen LogP contribution in [0.5, 0.6) is 0 Å². The van der Waals surface area contributed by atoms with Gasteiger partial charge in [0.15, 0.2) is 0 Å². The van der Waals surface area contributed by atoms with Crippen molar-refractivity contribution >= 4 is 11.7 Å². The lowest BCUT2D eigenvalue weighted by atomic mass is 10.1. The summed E-state index contributed by atoms with van der Waals surface area (Å²) in [6.07, 6.45) is 9.41. The molecule has 1 amide bonds. The second-order valence-electron chi connectivity index (χ2n) is 5.38. The van der Waals surface area contributed by atoms with Gasteiger partial charge in [-0.05, 0) is 19.8 Å². The molecule has 3 heteroatoms. The van der Waals surface area contributed by atoms with Crippen LogP contribution in [0.4, 0.5) is 0 Å². The fourth-order valence-corrected chi connectivity index (χ4v) is 2.14. The van der Waals surface area contributed by atoms with E-state index in [9.17, 15) is 9.59 Å². The third-order valence-corrected chi connectivity index (χ3v) is 3.32. The SMILES string of the molecule is CCCCCCN(CCCCCC)C(=O)CC(C)=O. The standard InChI is InChI=1S/C16H31NO2/c1-4-6-8-10-12-17(13-11-9-7-5-2)16(19)14-15(3)18/h4-14H2,1-3H3. The highest BCUT2D eigenvalue weighted by atomic mass is 16.2. The maximum atomic E-state index is 12.0. The van der Waals surface area contributed by atoms with Gasteiger partial charge in [0.25, 0.3) is 0 Å². The van der Waals surface area contributed by atoms with Crippen molar-refractivity contribution in [2.45, 2.75) is 78.6 Å². The van der Waals surface area contributed by atoms with E-state index in [0.29, 0.717) is 0 Å². The molecule has 0 atom stereocenters. The summed E-state index contributed by atoms with van der Waals surface area (Å²) in [7, 11) is 0. The fraction of sp³-hybridized carbons (Fsp3) is 0.875. The topological polar surface area (TPSA) is 37.4 Å². The Labute approximate surface area is 118 Å². The molecule has 0 N–H and O–H groups in total. The molecule has 0 fully saturated rings. The number of amides is 1. The van der Waals surface area contributed by atoms with Crippen LogP contribution < -0.4 is 0 Å². The van der Waals surface area contributed by atoms with E-state index >= 15 is 0 Å². The molecule has 0 radical (unpaired) electrons. The Hall–Kier alpha value is -0.860. The number of ketones is 1. The summed E-state index contributed by atoms with van der Waals surface area (Å²) in [6, 6.07) is 0. The highest BCUT2D eigenvalue weighted by Gasteiger charge is 2.14. The normalized spacial score (nSPS) is 10.5. The first-order valence-electron chi connectivity index (χ1n) is 7.89. The monoisotopic (exact) mass is 269 g/mol. The molecule has 0 saturated carbocycles. The molecule has 0 aromatic heterocycles. The Morgan fingerprint density at radius 2 is 1.26 bits per heavy atom. The van der Waals surface area contributed by atoms with Crippen LogP contribution in [0.15, 0.2) is 0 Å². The number of carbonyl (C=O) groups is 2. The van der Waals surface area contributed by atoms with E-state index < -0.39 is 0 Å². The smallest absolute Gasteiger partial charge is 0.230 e. The van der Waals surface area contributed by atoms with Gasteiger partial charge in [-0.2, -0.15) is 0 Å². The summed E-state index contributed by atoms with van der Waals surface area (Å²) in [6.45, 7) is 7.49. The minimum absolute atomic E-state index is 0.0143. The van der Waals surface area contributed by atoms with Gasteiger partial charge in [0.1, 0.15) is 5.78 Å². The maximum absolute atomic E-state index is 12.0. The predicted octanol–water partition coefficient (Wildman–Crippen LogP) is 3.95. The lowest BCUT2D eigenvalue weighted by Crippen LogP contribution is -2.34. The molecule has 19 heavy (non-hydrogen) atoms. The highest BCUT2D eigenvalue weighted by molar-refractivity contribution is 5.96. The molecule has 0 heterocycles. The van der Waals surface area contributed by atoms with Crippen molar-refractivity contribution in [3.63, 3.8) is 0 Å². The number of hydrogen-bond acceptors (Lipinski definition) is 2. The average molecular weight is 269 g/mol. The van der Waals surface area contributed by atoms with Crippen molar-refractivity contribution in [2.75, 3.05) is 13.1 Å². The first-order valence-corrected chi connectivity index (χ1v) is 7.89. The van der Waals surface area contributed by atoms with E-state index in [1.165, 1.54) is 45.4 Å². The van der Waals surface area contributed by atoms with Gasteiger partial charge in [0, 0.05) is 13.1 Å². The number of carbonyl (C=O) groups excluding carboxylic acids is 2. The zero-order chi connectivity index (χ0) is 14.5. The first-order chi connectivity index (χ1) is 9.11. The number of Topliss-reactive ketones (excluding diaryl/α,β-unsaturated/α-hetero) is 1. The summed E-state index contributed by atoms with van der Waals surface area (Å²) in [5, 5.41) is 0. The molecule has 112 valence electrons. The molecule has 0 bridgehead atoms. The quantitative estimate of drug-likeness (QED) is 0.397. The molecular formula is C16H31NO2. The van der Waals surface area contributed by atoms with Gasteiger partial charge in [-0.25, -0.2) is 0 Å². The summed E-state index contributed by atoms with van der Waals surface area (Å²) >= 11 is 0. The van der Waals surface area contributed by atoms with E-state index in [1.807, 2.05) is 4.90 Å². The van der Waals surface area contributed by atoms with Gasteiger partial charge < -0.3 is 4.90 Å². The predicted molar refractivity (Wildman–Crippen MR) is 80.2 cm³/mol. The molecule has 0 spiro atoms. The van der Waals surface area contributed by atoms with Gasteiger partial charge in [0.2, 0.25) is 5.91 Å². The van der Waals surface area contributed by atoms with Crippen LogP contribution in [0.1, 0.15) is 78.6 Å². The first kappa shape index (κ1) is 18.1. The van der Waals surface area contributed by atoms with E-state index in [0.717, 1.165) is 25.9 Å². The molecule has 0 saturated heterocycles. The average Bonchev–Trinajstić information content (AvgIpc) is 2.36. The molecule has 0 aliphatic rings. The van der Waals surface area contributed by atoms with Gasteiger partial charge in [-0.15, -0.1) is 0 Å². The van der Waals surface area contributed by atoms with Crippen molar-refractivity contribution in [3.05, 3.63) is 0 Å². The van der Waals surface area contributed by atoms with Crippen molar-refractivity contribution in [2.24, 2.45) is 0 Å². The van der Waals surface area contributed by atoms with Crippen LogP contribution in [0.25, 0.3) is 0 Å². The number of hydrogen-bond donors (Lipinski definition) is 0. The van der Waals surface area contributed by atoms with Crippen LogP contribution in [-0.2, 0) is 9.59 Å². The summed E-state index contributed by atoms with van der Waals surface area (Å²) in [4.78, 5) is 24.9. The zero-order valence-corrected chi connectivity index (χ0v) is 13.0. The van der Waals surface area contributed by atoms with Crippen molar-refractivity contribution in [1.82, 2.24) is 4.90 Å². The van der Waals surface area contributed by atoms with Crippen LogP contribution in [0.3, 0.4) is 0 Å². The minimum atomic E-state index is -0.0304. The third kappa shape index (κ3) is 10.7. The van der Waals surface area contributed by atoms with E-state index in [-0.39, 0.29) is 18.1 Å². The molecule has 0 rings (SSSR count). The van der Waals surface area contributed by atoms with Gasteiger partial charge in [-0.3, -0.25) is 9.59 Å². The van der Waals surface area contributed by atoms with E-state index in [1.54, 1.807) is 0 Å². The molecule has 0 aromatic carbocycles. The van der Waals surface area contributed by atoms with Crippen LogP contribution in [0.2, 0.25) is 0 Å². The second-order valence-corrected chi connectivity index (χ2v) is 5.38. The van der Waals surface area contributed by atoms with Crippen molar-refractivity contribution < 1.29 is 9.59 Å². The Balaban J connectivity index is 4.05. The summed E-state index contributed by atoms with van der Waals surface area (Å²) < 4.78 is 0. The number of rotatable bonds is 12. The van der Waals surface area contributed by atoms with Crippen molar-refractivity contribution in [1.29, 1.82) is 0 Å². The van der Waals surface area contributed by atoms with Crippen LogP contribution >= 0.6 is 0 Å². The minimum Gasteiger partial charge on any atom is -0.342 e. The molecule has 0 aliphatic heterocycles. The molecule has 3 nitrogen and oxygen atoms in total. The lowest BCUT2D eigenvalue weighted by molar-refractivity contribution is -0.135. The summed E-state index contributed by atoms with van der Waals surface area (Å²) in [5.41, 5.74) is 0. The Kier molecular flexibility index (Phi) is 11.6. The van der Waals surface area contributed by atoms with Gasteiger partial charge >= 0.3 is 0 Å². The lowest BCUT2D eigenvalue weighted by Gasteiger charge is -2.22. The Bertz CT molecular complexity index is 239. The maximum Gasteiger partial charge on any atom is 0.230 e. The second kappa shape index (κ2) is 12.2. The Morgan fingerprint density at radius 1 is 0.789 bits per heavy atom. The summed E-state index contributed by atoms with van der Waals surface area (Å²) in [5.74, 6) is -0.0161.